The van der Waals surface area contributed by atoms with E-state index in [-0.39, 0.29) is 11.5 Å². The van der Waals surface area contributed by atoms with E-state index in [1.807, 2.05) is 6.92 Å². The van der Waals surface area contributed by atoms with E-state index < -0.39 is 11.7 Å². The summed E-state index contributed by atoms with van der Waals surface area (Å²) in [5.41, 5.74) is 1.90. The van der Waals surface area contributed by atoms with E-state index in [2.05, 4.69) is 10.3 Å². The average molecular weight is 402 g/mol. The predicted molar refractivity (Wildman–Crippen MR) is 106 cm³/mol. The van der Waals surface area contributed by atoms with Crippen molar-refractivity contribution in [3.05, 3.63) is 65.4 Å². The van der Waals surface area contributed by atoms with Crippen LogP contribution in [0.4, 0.5) is 24.5 Å². The van der Waals surface area contributed by atoms with Crippen LogP contribution in [-0.2, 0) is 10.9 Å². The van der Waals surface area contributed by atoms with Crippen LogP contribution in [0.3, 0.4) is 0 Å². The maximum Gasteiger partial charge on any atom is 0.416 e. The standard InChI is InChI=1S/C22H21F3N2O2/c1-3-4-11-29-21(28)15-5-8-17(9-6-15)27-19-12-14(2)26-20-13-16(22(23,24)25)7-10-18(19)20/h5-10,12-13H,3-4,11H2,1-2H3,(H,26,27). The van der Waals surface area contributed by atoms with Gasteiger partial charge in [-0.15, -0.1) is 0 Å². The molecule has 3 rings (SSSR count). The first-order valence-corrected chi connectivity index (χ1v) is 9.30. The predicted octanol–water partition coefficient (Wildman–Crippen LogP) is 6.26. The number of ether oxygens (including phenoxy) is 1. The lowest BCUT2D eigenvalue weighted by Gasteiger charge is -2.13. The summed E-state index contributed by atoms with van der Waals surface area (Å²) in [6.07, 6.45) is -2.66. The fourth-order valence-electron chi connectivity index (χ4n) is 2.88. The number of anilines is 2. The van der Waals surface area contributed by atoms with Crippen molar-refractivity contribution in [1.29, 1.82) is 0 Å². The minimum absolute atomic E-state index is 0.262. The van der Waals surface area contributed by atoms with Crippen molar-refractivity contribution in [2.45, 2.75) is 32.9 Å². The van der Waals surface area contributed by atoms with Crippen LogP contribution < -0.4 is 5.32 Å². The van der Waals surface area contributed by atoms with Gasteiger partial charge in [0.25, 0.3) is 0 Å². The molecule has 3 aromatic rings. The molecule has 1 N–H and O–H groups in total. The van der Waals surface area contributed by atoms with Crippen LogP contribution in [0, 0.1) is 6.92 Å². The van der Waals surface area contributed by atoms with Gasteiger partial charge in [-0.25, -0.2) is 4.79 Å². The normalized spacial score (nSPS) is 11.5. The van der Waals surface area contributed by atoms with Crippen LogP contribution in [0.2, 0.25) is 0 Å². The first-order valence-electron chi connectivity index (χ1n) is 9.30. The Morgan fingerprint density at radius 3 is 2.48 bits per heavy atom. The highest BCUT2D eigenvalue weighted by molar-refractivity contribution is 5.94. The second-order valence-corrected chi connectivity index (χ2v) is 6.73. The van der Waals surface area contributed by atoms with Gasteiger partial charge in [0, 0.05) is 22.5 Å². The number of unbranched alkanes of at least 4 members (excludes halogenated alkanes) is 1. The molecular weight excluding hydrogens is 381 g/mol. The van der Waals surface area contributed by atoms with Crippen molar-refractivity contribution in [3.63, 3.8) is 0 Å². The molecular formula is C22H21F3N2O2. The number of hydrogen-bond donors (Lipinski definition) is 1. The van der Waals surface area contributed by atoms with Gasteiger partial charge in [0.1, 0.15) is 0 Å². The molecule has 1 heterocycles. The third kappa shape index (κ3) is 5.04. The molecule has 4 nitrogen and oxygen atoms in total. The molecule has 0 bridgehead atoms. The molecule has 0 unspecified atom stereocenters. The highest BCUT2D eigenvalue weighted by atomic mass is 19.4. The maximum absolute atomic E-state index is 13.0. The SMILES string of the molecule is CCCCOC(=O)c1ccc(Nc2cc(C)nc3cc(C(F)(F)F)ccc23)cc1. The van der Waals surface area contributed by atoms with Gasteiger partial charge in [0.05, 0.1) is 23.3 Å². The monoisotopic (exact) mass is 402 g/mol. The van der Waals surface area contributed by atoms with Crippen molar-refractivity contribution in [2.75, 3.05) is 11.9 Å². The smallest absolute Gasteiger partial charge is 0.416 e. The number of pyridine rings is 1. The lowest BCUT2D eigenvalue weighted by Crippen LogP contribution is -2.06. The Balaban J connectivity index is 1.83. The fraction of sp³-hybridized carbons (Fsp3) is 0.273. The summed E-state index contributed by atoms with van der Waals surface area (Å²) < 4.78 is 44.1. The Bertz CT molecular complexity index is 1010. The van der Waals surface area contributed by atoms with Crippen LogP contribution in [-0.4, -0.2) is 17.6 Å². The summed E-state index contributed by atoms with van der Waals surface area (Å²) in [6.45, 7) is 4.13. The van der Waals surface area contributed by atoms with Gasteiger partial charge in [-0.1, -0.05) is 19.4 Å². The van der Waals surface area contributed by atoms with Crippen LogP contribution in [0.1, 0.15) is 41.4 Å². The molecule has 1 aromatic heterocycles. The summed E-state index contributed by atoms with van der Waals surface area (Å²) in [5, 5.41) is 3.77. The molecule has 0 atom stereocenters. The van der Waals surface area contributed by atoms with Crippen LogP contribution in [0.5, 0.6) is 0 Å². The quantitative estimate of drug-likeness (QED) is 0.390. The van der Waals surface area contributed by atoms with Crippen molar-refractivity contribution < 1.29 is 22.7 Å². The summed E-state index contributed by atoms with van der Waals surface area (Å²) in [6, 6.07) is 12.0. The minimum Gasteiger partial charge on any atom is -0.462 e. The number of benzene rings is 2. The van der Waals surface area contributed by atoms with Gasteiger partial charge in [-0.2, -0.15) is 13.2 Å². The van der Waals surface area contributed by atoms with E-state index in [0.717, 1.165) is 25.0 Å². The number of aryl methyl sites for hydroxylation is 1. The zero-order valence-electron chi connectivity index (χ0n) is 16.1. The molecule has 0 aliphatic carbocycles. The minimum atomic E-state index is -4.42. The number of nitrogens with one attached hydrogen (secondary N) is 1. The second-order valence-electron chi connectivity index (χ2n) is 6.73. The Kier molecular flexibility index (Phi) is 6.06. The third-order valence-electron chi connectivity index (χ3n) is 4.40. The summed E-state index contributed by atoms with van der Waals surface area (Å²) in [4.78, 5) is 16.2. The average Bonchev–Trinajstić information content (AvgIpc) is 2.67. The Hall–Kier alpha value is -3.09. The third-order valence-corrected chi connectivity index (χ3v) is 4.40. The van der Waals surface area contributed by atoms with Gasteiger partial charge in [-0.3, -0.25) is 4.98 Å². The van der Waals surface area contributed by atoms with Gasteiger partial charge in [0.15, 0.2) is 0 Å². The van der Waals surface area contributed by atoms with Crippen molar-refractivity contribution in [2.24, 2.45) is 0 Å². The molecule has 0 spiro atoms. The molecule has 7 heteroatoms. The number of halogens is 3. The highest BCUT2D eigenvalue weighted by Gasteiger charge is 2.30. The lowest BCUT2D eigenvalue weighted by molar-refractivity contribution is -0.137. The Morgan fingerprint density at radius 2 is 1.83 bits per heavy atom. The second kappa shape index (κ2) is 8.51. The first-order chi connectivity index (χ1) is 13.8. The van der Waals surface area contributed by atoms with Gasteiger partial charge in [-0.05, 0) is 55.8 Å². The summed E-state index contributed by atoms with van der Waals surface area (Å²) in [5.74, 6) is -0.380. The number of hydrogen-bond acceptors (Lipinski definition) is 4. The number of rotatable bonds is 6. The number of carbonyl (C=O) groups excluding carboxylic acids is 1. The molecule has 0 amide bonds. The highest BCUT2D eigenvalue weighted by Crippen LogP contribution is 2.33. The zero-order chi connectivity index (χ0) is 21.0. The summed E-state index contributed by atoms with van der Waals surface area (Å²) >= 11 is 0. The maximum atomic E-state index is 13.0. The number of fused-ring (bicyclic) bond motifs is 1. The zero-order valence-corrected chi connectivity index (χ0v) is 16.1. The van der Waals surface area contributed by atoms with E-state index >= 15 is 0 Å². The molecule has 0 radical (unpaired) electrons. The van der Waals surface area contributed by atoms with E-state index in [1.54, 1.807) is 37.3 Å². The molecule has 0 aliphatic rings. The molecule has 29 heavy (non-hydrogen) atoms. The molecule has 152 valence electrons. The molecule has 0 saturated carbocycles. The van der Waals surface area contributed by atoms with Crippen molar-refractivity contribution in [3.8, 4) is 0 Å². The number of nitrogens with zero attached hydrogens (tertiary/aromatic N) is 1. The van der Waals surface area contributed by atoms with E-state index in [9.17, 15) is 18.0 Å². The van der Waals surface area contributed by atoms with Crippen LogP contribution >= 0.6 is 0 Å². The van der Waals surface area contributed by atoms with E-state index in [0.29, 0.717) is 34.6 Å². The number of aromatic nitrogens is 1. The first kappa shape index (κ1) is 20.6. The molecule has 0 saturated heterocycles. The Morgan fingerprint density at radius 1 is 1.10 bits per heavy atom. The van der Waals surface area contributed by atoms with Gasteiger partial charge < -0.3 is 10.1 Å². The number of alkyl halides is 3. The van der Waals surface area contributed by atoms with Crippen LogP contribution in [0.25, 0.3) is 10.9 Å². The van der Waals surface area contributed by atoms with Gasteiger partial charge in [0.2, 0.25) is 0 Å². The fourth-order valence-corrected chi connectivity index (χ4v) is 2.88. The van der Waals surface area contributed by atoms with E-state index in [4.69, 9.17) is 4.74 Å². The van der Waals surface area contributed by atoms with Crippen LogP contribution in [0.15, 0.2) is 48.5 Å². The van der Waals surface area contributed by atoms with Crippen molar-refractivity contribution in [1.82, 2.24) is 4.98 Å². The number of carbonyl (C=O) groups is 1. The largest absolute Gasteiger partial charge is 0.462 e. The van der Waals surface area contributed by atoms with E-state index in [1.165, 1.54) is 6.07 Å². The number of esters is 1. The molecule has 0 fully saturated rings. The van der Waals surface area contributed by atoms with Crippen molar-refractivity contribution >= 4 is 28.2 Å². The lowest BCUT2D eigenvalue weighted by atomic mass is 10.1. The Labute approximate surface area is 166 Å². The molecule has 0 aliphatic heterocycles. The van der Waals surface area contributed by atoms with Gasteiger partial charge >= 0.3 is 12.1 Å². The molecule has 2 aromatic carbocycles. The summed E-state index contributed by atoms with van der Waals surface area (Å²) in [7, 11) is 0. The topological polar surface area (TPSA) is 51.2 Å².